The van der Waals surface area contributed by atoms with E-state index in [4.69, 9.17) is 0 Å². The van der Waals surface area contributed by atoms with Crippen LogP contribution in [-0.4, -0.2) is 10.1 Å². The third-order valence-electron chi connectivity index (χ3n) is 4.54. The second kappa shape index (κ2) is 5.30. The molecule has 100 valence electrons. The van der Waals surface area contributed by atoms with Crippen LogP contribution >= 0.6 is 0 Å². The van der Waals surface area contributed by atoms with Crippen molar-refractivity contribution in [3.8, 4) is 0 Å². The molecular weight excluding hydrogens is 234 g/mol. The Hall–Kier alpha value is -1.41. The molecule has 1 unspecified atom stereocenters. The minimum atomic E-state index is -0.347. The van der Waals surface area contributed by atoms with Gasteiger partial charge >= 0.3 is 0 Å². The topological polar surface area (TPSA) is 33.1 Å². The highest BCUT2D eigenvalue weighted by Crippen LogP contribution is 2.38. The standard InChI is InChI=1S/C17H21NO/c1-12-5-7-14(8-6-12)17(19)15-4-2-3-13-9-10-18-11-16(13)15/h2-4,9-12,14,17,19H,5-8H2,1H3. The molecule has 1 aromatic carbocycles. The van der Waals surface area contributed by atoms with Crippen LogP contribution in [0.15, 0.2) is 36.7 Å². The molecule has 2 nitrogen and oxygen atoms in total. The van der Waals surface area contributed by atoms with Crippen LogP contribution in [-0.2, 0) is 0 Å². The largest absolute Gasteiger partial charge is 0.388 e. The van der Waals surface area contributed by atoms with Gasteiger partial charge in [-0.15, -0.1) is 0 Å². The van der Waals surface area contributed by atoms with Gasteiger partial charge in [-0.1, -0.05) is 38.0 Å². The van der Waals surface area contributed by atoms with Crippen LogP contribution in [0.5, 0.6) is 0 Å². The van der Waals surface area contributed by atoms with E-state index in [1.165, 1.54) is 12.8 Å². The number of nitrogens with zero attached hydrogens (tertiary/aromatic N) is 1. The predicted molar refractivity (Wildman–Crippen MR) is 77.8 cm³/mol. The van der Waals surface area contributed by atoms with Gasteiger partial charge in [-0.25, -0.2) is 0 Å². The fourth-order valence-corrected chi connectivity index (χ4v) is 3.25. The summed E-state index contributed by atoms with van der Waals surface area (Å²) in [6.07, 6.45) is 8.09. The van der Waals surface area contributed by atoms with Crippen molar-refractivity contribution in [2.45, 2.75) is 38.7 Å². The van der Waals surface area contributed by atoms with Crippen LogP contribution in [0.25, 0.3) is 10.8 Å². The summed E-state index contributed by atoms with van der Waals surface area (Å²) in [5, 5.41) is 13.0. The number of hydrogen-bond donors (Lipinski definition) is 1. The monoisotopic (exact) mass is 255 g/mol. The summed E-state index contributed by atoms with van der Waals surface area (Å²) in [6.45, 7) is 2.31. The molecule has 1 saturated carbocycles. The van der Waals surface area contributed by atoms with Crippen molar-refractivity contribution in [2.75, 3.05) is 0 Å². The summed E-state index contributed by atoms with van der Waals surface area (Å²) in [5.41, 5.74) is 1.05. The molecule has 0 radical (unpaired) electrons. The van der Waals surface area contributed by atoms with E-state index in [0.717, 1.165) is 35.1 Å². The average Bonchev–Trinajstić information content (AvgIpc) is 2.47. The smallest absolute Gasteiger partial charge is 0.0824 e. The zero-order valence-corrected chi connectivity index (χ0v) is 11.4. The third kappa shape index (κ3) is 2.50. The second-order valence-electron chi connectivity index (χ2n) is 5.91. The second-order valence-corrected chi connectivity index (χ2v) is 5.91. The molecule has 1 aliphatic rings. The SMILES string of the molecule is CC1CCC(C(O)c2cccc3ccncc23)CC1. The Morgan fingerprint density at radius 1 is 1.16 bits per heavy atom. The maximum atomic E-state index is 10.7. The molecular formula is C17H21NO. The predicted octanol–water partition coefficient (Wildman–Crippen LogP) is 4.09. The summed E-state index contributed by atoms with van der Waals surface area (Å²) in [7, 11) is 0. The summed E-state index contributed by atoms with van der Waals surface area (Å²) in [4.78, 5) is 4.20. The van der Waals surface area contributed by atoms with Gasteiger partial charge in [-0.05, 0) is 41.7 Å². The van der Waals surface area contributed by atoms with E-state index in [0.29, 0.717) is 5.92 Å². The maximum absolute atomic E-state index is 10.7. The number of aliphatic hydroxyl groups excluding tert-OH is 1. The molecule has 0 aliphatic heterocycles. The Bertz CT molecular complexity index is 553. The van der Waals surface area contributed by atoms with Crippen LogP contribution in [0, 0.1) is 11.8 Å². The summed E-state index contributed by atoms with van der Waals surface area (Å²) in [5.74, 6) is 1.22. The quantitative estimate of drug-likeness (QED) is 0.876. The highest BCUT2D eigenvalue weighted by molar-refractivity contribution is 5.85. The van der Waals surface area contributed by atoms with Gasteiger partial charge in [-0.2, -0.15) is 0 Å². The van der Waals surface area contributed by atoms with Crippen LogP contribution in [0.1, 0.15) is 44.3 Å². The Labute approximate surface area is 114 Å². The van der Waals surface area contributed by atoms with Gasteiger partial charge in [0.25, 0.3) is 0 Å². The Morgan fingerprint density at radius 3 is 2.74 bits per heavy atom. The zero-order valence-electron chi connectivity index (χ0n) is 11.4. The lowest BCUT2D eigenvalue weighted by atomic mass is 9.78. The Kier molecular flexibility index (Phi) is 3.52. The number of pyridine rings is 1. The molecule has 0 saturated heterocycles. The molecule has 1 atom stereocenters. The van der Waals surface area contributed by atoms with Crippen LogP contribution in [0.2, 0.25) is 0 Å². The van der Waals surface area contributed by atoms with E-state index in [2.05, 4.69) is 18.0 Å². The first-order valence-electron chi connectivity index (χ1n) is 7.26. The number of benzene rings is 1. The molecule has 2 aromatic rings. The molecule has 0 amide bonds. The van der Waals surface area contributed by atoms with Gasteiger partial charge in [-0.3, -0.25) is 4.98 Å². The molecule has 1 N–H and O–H groups in total. The van der Waals surface area contributed by atoms with Crippen molar-refractivity contribution in [1.82, 2.24) is 4.98 Å². The van der Waals surface area contributed by atoms with Crippen molar-refractivity contribution in [3.05, 3.63) is 42.2 Å². The third-order valence-corrected chi connectivity index (χ3v) is 4.54. The van der Waals surface area contributed by atoms with E-state index < -0.39 is 0 Å². The lowest BCUT2D eigenvalue weighted by Gasteiger charge is -2.30. The van der Waals surface area contributed by atoms with Gasteiger partial charge in [0.1, 0.15) is 0 Å². The van der Waals surface area contributed by atoms with Gasteiger partial charge in [0.2, 0.25) is 0 Å². The van der Waals surface area contributed by atoms with Gasteiger partial charge in [0, 0.05) is 17.8 Å². The summed E-state index contributed by atoms with van der Waals surface area (Å²) in [6, 6.07) is 8.17. The van der Waals surface area contributed by atoms with Crippen molar-refractivity contribution < 1.29 is 5.11 Å². The van der Waals surface area contributed by atoms with Crippen molar-refractivity contribution >= 4 is 10.8 Å². The highest BCUT2D eigenvalue weighted by atomic mass is 16.3. The van der Waals surface area contributed by atoms with Crippen LogP contribution in [0.3, 0.4) is 0 Å². The normalized spacial score (nSPS) is 25.4. The molecule has 0 bridgehead atoms. The van der Waals surface area contributed by atoms with Gasteiger partial charge in [0.05, 0.1) is 6.10 Å². The van der Waals surface area contributed by atoms with E-state index in [1.807, 2.05) is 24.4 Å². The molecule has 1 fully saturated rings. The lowest BCUT2D eigenvalue weighted by Crippen LogP contribution is -2.19. The minimum absolute atomic E-state index is 0.347. The molecule has 1 aromatic heterocycles. The molecule has 3 rings (SSSR count). The first kappa shape index (κ1) is 12.6. The number of rotatable bonds is 2. The molecule has 19 heavy (non-hydrogen) atoms. The van der Waals surface area contributed by atoms with Gasteiger partial charge < -0.3 is 5.11 Å². The van der Waals surface area contributed by atoms with E-state index in [1.54, 1.807) is 6.20 Å². The molecule has 1 heterocycles. The summed E-state index contributed by atoms with van der Waals surface area (Å²) < 4.78 is 0. The van der Waals surface area contributed by atoms with E-state index >= 15 is 0 Å². The number of fused-ring (bicyclic) bond motifs is 1. The molecule has 0 spiro atoms. The number of hydrogen-bond acceptors (Lipinski definition) is 2. The first-order chi connectivity index (χ1) is 9.25. The minimum Gasteiger partial charge on any atom is -0.388 e. The van der Waals surface area contributed by atoms with Crippen LogP contribution in [0.4, 0.5) is 0 Å². The highest BCUT2D eigenvalue weighted by Gasteiger charge is 2.26. The van der Waals surface area contributed by atoms with Crippen LogP contribution < -0.4 is 0 Å². The lowest BCUT2D eigenvalue weighted by molar-refractivity contribution is 0.0767. The van der Waals surface area contributed by atoms with E-state index in [-0.39, 0.29) is 6.10 Å². The molecule has 1 aliphatic carbocycles. The van der Waals surface area contributed by atoms with Crippen molar-refractivity contribution in [2.24, 2.45) is 11.8 Å². The van der Waals surface area contributed by atoms with Crippen molar-refractivity contribution in [3.63, 3.8) is 0 Å². The average molecular weight is 255 g/mol. The van der Waals surface area contributed by atoms with Gasteiger partial charge in [0.15, 0.2) is 0 Å². The Balaban J connectivity index is 1.91. The zero-order chi connectivity index (χ0) is 13.2. The first-order valence-corrected chi connectivity index (χ1v) is 7.26. The van der Waals surface area contributed by atoms with E-state index in [9.17, 15) is 5.11 Å². The fraction of sp³-hybridized carbons (Fsp3) is 0.471. The fourth-order valence-electron chi connectivity index (χ4n) is 3.25. The Morgan fingerprint density at radius 2 is 1.95 bits per heavy atom. The number of aromatic nitrogens is 1. The molecule has 2 heteroatoms. The number of aliphatic hydroxyl groups is 1. The van der Waals surface area contributed by atoms with Crippen molar-refractivity contribution in [1.29, 1.82) is 0 Å². The summed E-state index contributed by atoms with van der Waals surface area (Å²) >= 11 is 0. The maximum Gasteiger partial charge on any atom is 0.0824 e.